The van der Waals surface area contributed by atoms with Crippen LogP contribution < -0.4 is 11.0 Å². The van der Waals surface area contributed by atoms with Gasteiger partial charge in [0.1, 0.15) is 5.69 Å². The summed E-state index contributed by atoms with van der Waals surface area (Å²) in [5.74, 6) is 0. The SMILES string of the molecule is CNc1c(Cn2cc(C)cnc2=O)cccc1[N+](=O)[O-]. The first kappa shape index (κ1) is 13.7. The standard InChI is InChI=1S/C13H14N4O3/c1-9-6-15-13(18)16(7-9)8-10-4-3-5-11(17(19)20)12(10)14-2/h3-7,14H,8H2,1-2H3. The molecule has 104 valence electrons. The summed E-state index contributed by atoms with van der Waals surface area (Å²) in [6.07, 6.45) is 3.17. The topological polar surface area (TPSA) is 90.1 Å². The zero-order valence-corrected chi connectivity index (χ0v) is 11.2. The lowest BCUT2D eigenvalue weighted by Gasteiger charge is -2.11. The van der Waals surface area contributed by atoms with Crippen LogP contribution in [0.3, 0.4) is 0 Å². The second-order valence-electron chi connectivity index (χ2n) is 4.36. The fourth-order valence-electron chi connectivity index (χ4n) is 2.02. The Kier molecular flexibility index (Phi) is 3.79. The van der Waals surface area contributed by atoms with Crippen molar-refractivity contribution in [3.63, 3.8) is 0 Å². The molecule has 20 heavy (non-hydrogen) atoms. The molecule has 0 bridgehead atoms. The summed E-state index contributed by atoms with van der Waals surface area (Å²) in [7, 11) is 1.61. The van der Waals surface area contributed by atoms with Crippen LogP contribution in [-0.4, -0.2) is 21.5 Å². The van der Waals surface area contributed by atoms with Gasteiger partial charge in [-0.1, -0.05) is 12.1 Å². The van der Waals surface area contributed by atoms with Crippen LogP contribution in [0.5, 0.6) is 0 Å². The van der Waals surface area contributed by atoms with Gasteiger partial charge < -0.3 is 5.32 Å². The van der Waals surface area contributed by atoms with Crippen molar-refractivity contribution in [2.45, 2.75) is 13.5 Å². The van der Waals surface area contributed by atoms with E-state index < -0.39 is 4.92 Å². The highest BCUT2D eigenvalue weighted by Gasteiger charge is 2.16. The van der Waals surface area contributed by atoms with Gasteiger partial charge in [0.2, 0.25) is 0 Å². The Morgan fingerprint density at radius 3 is 2.85 bits per heavy atom. The maximum atomic E-state index is 11.7. The Hall–Kier alpha value is -2.70. The Morgan fingerprint density at radius 1 is 1.45 bits per heavy atom. The normalized spacial score (nSPS) is 10.3. The maximum absolute atomic E-state index is 11.7. The number of benzene rings is 1. The summed E-state index contributed by atoms with van der Waals surface area (Å²) in [5, 5.41) is 13.8. The molecule has 0 atom stereocenters. The van der Waals surface area contributed by atoms with Crippen LogP contribution >= 0.6 is 0 Å². The Labute approximate surface area is 115 Å². The molecule has 0 aliphatic heterocycles. The van der Waals surface area contributed by atoms with Crippen molar-refractivity contribution in [1.29, 1.82) is 0 Å². The molecule has 1 aromatic carbocycles. The van der Waals surface area contributed by atoms with Gasteiger partial charge in [-0.2, -0.15) is 0 Å². The fourth-order valence-corrected chi connectivity index (χ4v) is 2.02. The Bertz CT molecular complexity index is 709. The lowest BCUT2D eigenvalue weighted by atomic mass is 10.1. The molecular weight excluding hydrogens is 260 g/mol. The molecule has 0 saturated carbocycles. The number of nitrogens with zero attached hydrogens (tertiary/aromatic N) is 3. The minimum atomic E-state index is -0.452. The van der Waals surface area contributed by atoms with Crippen molar-refractivity contribution in [2.24, 2.45) is 0 Å². The number of para-hydroxylation sites is 1. The van der Waals surface area contributed by atoms with E-state index in [0.29, 0.717) is 11.3 Å². The van der Waals surface area contributed by atoms with Crippen LogP contribution in [0.25, 0.3) is 0 Å². The zero-order valence-electron chi connectivity index (χ0n) is 11.2. The molecule has 2 rings (SSSR count). The molecule has 0 spiro atoms. The summed E-state index contributed by atoms with van der Waals surface area (Å²) >= 11 is 0. The molecule has 0 saturated heterocycles. The monoisotopic (exact) mass is 274 g/mol. The van der Waals surface area contributed by atoms with E-state index in [-0.39, 0.29) is 17.9 Å². The number of aromatic nitrogens is 2. The smallest absolute Gasteiger partial charge is 0.347 e. The van der Waals surface area contributed by atoms with Gasteiger partial charge in [-0.25, -0.2) is 9.78 Å². The molecule has 0 radical (unpaired) electrons. The number of nitro groups is 1. The van der Waals surface area contributed by atoms with Crippen LogP contribution in [0.15, 0.2) is 35.4 Å². The number of hydrogen-bond acceptors (Lipinski definition) is 5. The van der Waals surface area contributed by atoms with Crippen LogP contribution in [0.2, 0.25) is 0 Å². The van der Waals surface area contributed by atoms with Crippen molar-refractivity contribution < 1.29 is 4.92 Å². The van der Waals surface area contributed by atoms with Gasteiger partial charge >= 0.3 is 5.69 Å². The molecular formula is C13H14N4O3. The Balaban J connectivity index is 2.48. The lowest BCUT2D eigenvalue weighted by Crippen LogP contribution is -2.23. The van der Waals surface area contributed by atoms with Crippen molar-refractivity contribution >= 4 is 11.4 Å². The minimum absolute atomic E-state index is 0.0151. The van der Waals surface area contributed by atoms with Gasteiger partial charge in [-0.3, -0.25) is 14.7 Å². The maximum Gasteiger partial charge on any atom is 0.347 e. The molecule has 0 fully saturated rings. The summed E-state index contributed by atoms with van der Waals surface area (Å²) in [6, 6.07) is 4.77. The van der Waals surface area contributed by atoms with Crippen molar-refractivity contribution in [3.05, 3.63) is 62.3 Å². The summed E-state index contributed by atoms with van der Waals surface area (Å²) in [6.45, 7) is 2.06. The molecule has 1 aromatic heterocycles. The Morgan fingerprint density at radius 2 is 2.20 bits per heavy atom. The molecule has 1 heterocycles. The second-order valence-corrected chi connectivity index (χ2v) is 4.36. The van der Waals surface area contributed by atoms with Crippen LogP contribution in [0.1, 0.15) is 11.1 Å². The van der Waals surface area contributed by atoms with Gasteiger partial charge in [0.25, 0.3) is 5.69 Å². The number of rotatable bonds is 4. The first-order chi connectivity index (χ1) is 9.52. The molecule has 2 aromatic rings. The number of nitrogens with one attached hydrogen (secondary N) is 1. The first-order valence-electron chi connectivity index (χ1n) is 6.00. The van der Waals surface area contributed by atoms with E-state index in [2.05, 4.69) is 10.3 Å². The van der Waals surface area contributed by atoms with E-state index in [1.807, 2.05) is 6.92 Å². The number of nitro benzene ring substituents is 1. The summed E-state index contributed by atoms with van der Waals surface area (Å²) in [4.78, 5) is 26.0. The highest BCUT2D eigenvalue weighted by molar-refractivity contribution is 5.66. The fraction of sp³-hybridized carbons (Fsp3) is 0.231. The van der Waals surface area contributed by atoms with E-state index >= 15 is 0 Å². The van der Waals surface area contributed by atoms with Gasteiger partial charge in [-0.15, -0.1) is 0 Å². The van der Waals surface area contributed by atoms with E-state index in [1.165, 1.54) is 16.8 Å². The molecule has 7 heteroatoms. The van der Waals surface area contributed by atoms with E-state index in [0.717, 1.165) is 5.56 Å². The van der Waals surface area contributed by atoms with E-state index in [9.17, 15) is 14.9 Å². The van der Waals surface area contributed by atoms with Crippen LogP contribution in [0.4, 0.5) is 11.4 Å². The summed E-state index contributed by atoms with van der Waals surface area (Å²) in [5.41, 5.74) is 1.52. The predicted molar refractivity (Wildman–Crippen MR) is 75.0 cm³/mol. The van der Waals surface area contributed by atoms with Gasteiger partial charge in [0.05, 0.1) is 11.5 Å². The molecule has 0 amide bonds. The lowest BCUT2D eigenvalue weighted by molar-refractivity contribution is -0.384. The third-order valence-corrected chi connectivity index (χ3v) is 2.90. The van der Waals surface area contributed by atoms with Gasteiger partial charge in [-0.05, 0) is 12.5 Å². The molecule has 0 aliphatic carbocycles. The average molecular weight is 274 g/mol. The third-order valence-electron chi connectivity index (χ3n) is 2.90. The third kappa shape index (κ3) is 2.66. The van der Waals surface area contributed by atoms with Crippen molar-refractivity contribution in [3.8, 4) is 0 Å². The number of anilines is 1. The zero-order chi connectivity index (χ0) is 14.7. The quantitative estimate of drug-likeness (QED) is 0.674. The number of aryl methyl sites for hydroxylation is 1. The summed E-state index contributed by atoms with van der Waals surface area (Å²) < 4.78 is 1.43. The average Bonchev–Trinajstić information content (AvgIpc) is 2.42. The molecule has 7 nitrogen and oxygen atoms in total. The molecule has 0 aliphatic rings. The first-order valence-corrected chi connectivity index (χ1v) is 6.00. The number of hydrogen-bond donors (Lipinski definition) is 1. The van der Waals surface area contributed by atoms with Crippen LogP contribution in [0, 0.1) is 17.0 Å². The van der Waals surface area contributed by atoms with Gasteiger partial charge in [0.15, 0.2) is 0 Å². The van der Waals surface area contributed by atoms with Crippen molar-refractivity contribution in [1.82, 2.24) is 9.55 Å². The highest BCUT2D eigenvalue weighted by atomic mass is 16.6. The van der Waals surface area contributed by atoms with E-state index in [1.54, 1.807) is 25.4 Å². The largest absolute Gasteiger partial charge is 0.382 e. The van der Waals surface area contributed by atoms with Crippen molar-refractivity contribution in [2.75, 3.05) is 12.4 Å². The molecule has 1 N–H and O–H groups in total. The van der Waals surface area contributed by atoms with Gasteiger partial charge in [0, 0.05) is 31.1 Å². The highest BCUT2D eigenvalue weighted by Crippen LogP contribution is 2.28. The minimum Gasteiger partial charge on any atom is -0.382 e. The predicted octanol–water partition coefficient (Wildman–Crippen LogP) is 1.55. The second kappa shape index (κ2) is 5.52. The van der Waals surface area contributed by atoms with E-state index in [4.69, 9.17) is 0 Å². The molecule has 0 unspecified atom stereocenters. The van der Waals surface area contributed by atoms with Crippen LogP contribution in [-0.2, 0) is 6.54 Å².